The Kier molecular flexibility index (Phi) is 5.89. The first-order chi connectivity index (χ1) is 11.0. The molecule has 1 aromatic rings. The number of hydrogen-bond donors (Lipinski definition) is 3. The zero-order valence-corrected chi connectivity index (χ0v) is 14.2. The smallest absolute Gasteiger partial charge is 0.123 e. The van der Waals surface area contributed by atoms with Crippen molar-refractivity contribution in [3.63, 3.8) is 0 Å². The van der Waals surface area contributed by atoms with Crippen LogP contribution in [0.2, 0.25) is 0 Å². The third kappa shape index (κ3) is 3.97. The van der Waals surface area contributed by atoms with E-state index in [0.717, 1.165) is 48.8 Å². The fourth-order valence-corrected chi connectivity index (χ4v) is 3.47. The zero-order chi connectivity index (χ0) is 17.0. The van der Waals surface area contributed by atoms with Crippen molar-refractivity contribution < 1.29 is 15.3 Å². The lowest BCUT2D eigenvalue weighted by atomic mass is 9.83. The van der Waals surface area contributed by atoms with Crippen LogP contribution in [0.4, 0.5) is 0 Å². The monoisotopic (exact) mass is 316 g/mol. The standard InChI is InChI=1S/C20H28O3/c1-4-5-6-7-14-10-18(22)20(19(23)11-14)17-9-15(12-21)8-16(17)13(2)3/h9-11,16-17,21-23H,2,4-8,12H2,1,3H3/t16-,17+/m0/s1. The molecule has 0 radical (unpaired) electrons. The molecule has 0 amide bonds. The lowest BCUT2D eigenvalue weighted by Gasteiger charge is -2.22. The normalized spacial score (nSPS) is 20.6. The van der Waals surface area contributed by atoms with Gasteiger partial charge in [-0.2, -0.15) is 0 Å². The second-order valence-corrected chi connectivity index (χ2v) is 6.67. The Balaban J connectivity index is 2.31. The first kappa shape index (κ1) is 17.6. The molecule has 2 atom stereocenters. The SMILES string of the molecule is C=C(C)[C@@H]1CC(CO)=C[C@H]1c1c(O)cc(CCCCC)cc1O. The number of aromatic hydroxyl groups is 2. The number of aliphatic hydroxyl groups is 1. The van der Waals surface area contributed by atoms with Crippen LogP contribution in [-0.2, 0) is 6.42 Å². The molecule has 0 fully saturated rings. The summed E-state index contributed by atoms with van der Waals surface area (Å²) >= 11 is 0. The number of phenolic OH excluding ortho intramolecular Hbond substituents is 2. The minimum absolute atomic E-state index is 0.0108. The second kappa shape index (κ2) is 7.69. The molecule has 3 nitrogen and oxygen atoms in total. The first-order valence-electron chi connectivity index (χ1n) is 8.48. The van der Waals surface area contributed by atoms with Crippen molar-refractivity contribution >= 4 is 0 Å². The Morgan fingerprint density at radius 3 is 2.39 bits per heavy atom. The summed E-state index contributed by atoms with van der Waals surface area (Å²) in [5.74, 6) is 0.269. The van der Waals surface area contributed by atoms with Crippen LogP contribution in [-0.4, -0.2) is 21.9 Å². The van der Waals surface area contributed by atoms with Crippen LogP contribution in [0.5, 0.6) is 11.5 Å². The van der Waals surface area contributed by atoms with E-state index in [1.165, 1.54) is 0 Å². The summed E-state index contributed by atoms with van der Waals surface area (Å²) in [4.78, 5) is 0. The van der Waals surface area contributed by atoms with E-state index in [2.05, 4.69) is 13.5 Å². The lowest BCUT2D eigenvalue weighted by Crippen LogP contribution is -2.08. The second-order valence-electron chi connectivity index (χ2n) is 6.67. The van der Waals surface area contributed by atoms with Gasteiger partial charge in [-0.1, -0.05) is 38.0 Å². The van der Waals surface area contributed by atoms with Gasteiger partial charge in [0, 0.05) is 11.5 Å². The van der Waals surface area contributed by atoms with Gasteiger partial charge in [0.2, 0.25) is 0 Å². The third-order valence-corrected chi connectivity index (χ3v) is 4.77. The molecule has 1 aromatic carbocycles. The molecule has 2 rings (SSSR count). The van der Waals surface area contributed by atoms with Crippen molar-refractivity contribution in [3.05, 3.63) is 47.1 Å². The molecule has 126 valence electrons. The highest BCUT2D eigenvalue weighted by Crippen LogP contribution is 2.47. The van der Waals surface area contributed by atoms with Crippen LogP contribution in [0.15, 0.2) is 35.9 Å². The average Bonchev–Trinajstić information content (AvgIpc) is 2.91. The molecule has 3 N–H and O–H groups in total. The Hall–Kier alpha value is -1.74. The van der Waals surface area contributed by atoms with Crippen LogP contribution >= 0.6 is 0 Å². The largest absolute Gasteiger partial charge is 0.507 e. The molecule has 3 heteroatoms. The number of benzene rings is 1. The van der Waals surface area contributed by atoms with Gasteiger partial charge >= 0.3 is 0 Å². The number of allylic oxidation sites excluding steroid dienone is 2. The van der Waals surface area contributed by atoms with Gasteiger partial charge in [0.1, 0.15) is 11.5 Å². The van der Waals surface area contributed by atoms with Crippen molar-refractivity contribution in [1.29, 1.82) is 0 Å². The summed E-state index contributed by atoms with van der Waals surface area (Å²) in [6, 6.07) is 3.54. The third-order valence-electron chi connectivity index (χ3n) is 4.77. The number of aliphatic hydroxyl groups excluding tert-OH is 1. The minimum Gasteiger partial charge on any atom is -0.507 e. The van der Waals surface area contributed by atoms with Crippen molar-refractivity contribution in [1.82, 2.24) is 0 Å². The fourth-order valence-electron chi connectivity index (χ4n) is 3.47. The topological polar surface area (TPSA) is 60.7 Å². The van der Waals surface area contributed by atoms with E-state index in [0.29, 0.717) is 5.56 Å². The maximum atomic E-state index is 10.5. The molecule has 0 heterocycles. The molecule has 23 heavy (non-hydrogen) atoms. The van der Waals surface area contributed by atoms with Gasteiger partial charge in [-0.05, 0) is 55.4 Å². The molecular weight excluding hydrogens is 288 g/mol. The fraction of sp³-hybridized carbons (Fsp3) is 0.500. The molecule has 0 unspecified atom stereocenters. The van der Waals surface area contributed by atoms with Gasteiger partial charge in [-0.15, -0.1) is 0 Å². The molecule has 1 aliphatic rings. The predicted molar refractivity (Wildman–Crippen MR) is 93.8 cm³/mol. The van der Waals surface area contributed by atoms with E-state index in [-0.39, 0.29) is 29.9 Å². The van der Waals surface area contributed by atoms with Gasteiger partial charge in [-0.3, -0.25) is 0 Å². The average molecular weight is 316 g/mol. The molecule has 1 aliphatic carbocycles. The van der Waals surface area contributed by atoms with Crippen LogP contribution < -0.4 is 0 Å². The van der Waals surface area contributed by atoms with E-state index in [1.54, 1.807) is 12.1 Å². The molecule has 0 aromatic heterocycles. The van der Waals surface area contributed by atoms with Crippen molar-refractivity contribution in [3.8, 4) is 11.5 Å². The number of unbranched alkanes of at least 4 members (excludes halogenated alkanes) is 2. The first-order valence-corrected chi connectivity index (χ1v) is 8.48. The molecule has 0 bridgehead atoms. The summed E-state index contributed by atoms with van der Waals surface area (Å²) in [6.07, 6.45) is 6.90. The quantitative estimate of drug-likeness (QED) is 0.515. The number of hydrogen-bond acceptors (Lipinski definition) is 3. The number of aryl methyl sites for hydroxylation is 1. The highest BCUT2D eigenvalue weighted by atomic mass is 16.3. The Labute approximate surface area is 139 Å². The van der Waals surface area contributed by atoms with Crippen LogP contribution in [0.3, 0.4) is 0 Å². The zero-order valence-electron chi connectivity index (χ0n) is 14.2. The summed E-state index contributed by atoms with van der Waals surface area (Å²) in [7, 11) is 0. The van der Waals surface area contributed by atoms with Crippen molar-refractivity contribution in [2.75, 3.05) is 6.61 Å². The Morgan fingerprint density at radius 2 is 1.87 bits per heavy atom. The van der Waals surface area contributed by atoms with E-state index < -0.39 is 0 Å². The predicted octanol–water partition coefficient (Wildman–Crippen LogP) is 4.43. The number of phenols is 2. The summed E-state index contributed by atoms with van der Waals surface area (Å²) in [5, 5.41) is 30.3. The molecular formula is C20H28O3. The highest BCUT2D eigenvalue weighted by Gasteiger charge is 2.32. The summed E-state index contributed by atoms with van der Waals surface area (Å²) < 4.78 is 0. The maximum absolute atomic E-state index is 10.5. The molecule has 0 saturated carbocycles. The van der Waals surface area contributed by atoms with Gasteiger partial charge in [0.05, 0.1) is 6.61 Å². The summed E-state index contributed by atoms with van der Waals surface area (Å²) in [6.45, 7) is 8.15. The molecule has 0 aliphatic heterocycles. The Bertz CT molecular complexity index is 578. The van der Waals surface area contributed by atoms with Gasteiger partial charge < -0.3 is 15.3 Å². The molecule has 0 saturated heterocycles. The minimum atomic E-state index is -0.126. The van der Waals surface area contributed by atoms with E-state index >= 15 is 0 Å². The van der Waals surface area contributed by atoms with Crippen molar-refractivity contribution in [2.45, 2.75) is 51.9 Å². The van der Waals surface area contributed by atoms with Crippen LogP contribution in [0.1, 0.15) is 56.6 Å². The van der Waals surface area contributed by atoms with Crippen LogP contribution in [0.25, 0.3) is 0 Å². The number of rotatable bonds is 7. The van der Waals surface area contributed by atoms with Crippen LogP contribution in [0, 0.1) is 5.92 Å². The Morgan fingerprint density at radius 1 is 1.22 bits per heavy atom. The van der Waals surface area contributed by atoms with Crippen molar-refractivity contribution in [2.24, 2.45) is 5.92 Å². The van der Waals surface area contributed by atoms with E-state index in [4.69, 9.17) is 0 Å². The van der Waals surface area contributed by atoms with Gasteiger partial charge in [0.25, 0.3) is 0 Å². The van der Waals surface area contributed by atoms with E-state index in [1.807, 2.05) is 13.0 Å². The van der Waals surface area contributed by atoms with Gasteiger partial charge in [-0.25, -0.2) is 0 Å². The maximum Gasteiger partial charge on any atom is 0.123 e. The molecule has 0 spiro atoms. The lowest BCUT2D eigenvalue weighted by molar-refractivity contribution is 0.326. The summed E-state index contributed by atoms with van der Waals surface area (Å²) in [5.41, 5.74) is 3.46. The van der Waals surface area contributed by atoms with E-state index in [9.17, 15) is 15.3 Å². The highest BCUT2D eigenvalue weighted by molar-refractivity contribution is 5.52. The van der Waals surface area contributed by atoms with Gasteiger partial charge in [0.15, 0.2) is 0 Å².